The van der Waals surface area contributed by atoms with Crippen LogP contribution in [0.25, 0.3) is 0 Å². The van der Waals surface area contributed by atoms with E-state index in [1.54, 1.807) is 6.92 Å². The number of benzene rings is 4. The van der Waals surface area contributed by atoms with Gasteiger partial charge in [0.05, 0.1) is 22.7 Å². The summed E-state index contributed by atoms with van der Waals surface area (Å²) >= 11 is 0. The van der Waals surface area contributed by atoms with E-state index < -0.39 is 39.7 Å². The number of carbonyl (C=O) groups excluding carboxylic acids is 3. The zero-order valence-corrected chi connectivity index (χ0v) is 29.8. The maximum Gasteiger partial charge on any atom is 0.264 e. The first-order valence-corrected chi connectivity index (χ1v) is 18.5. The number of hydrogen-bond donors (Lipinski definition) is 4. The van der Waals surface area contributed by atoms with Crippen LogP contribution in [-0.2, 0) is 21.2 Å². The second-order valence-corrected chi connectivity index (χ2v) is 14.9. The first kappa shape index (κ1) is 37.2. The van der Waals surface area contributed by atoms with Gasteiger partial charge in [0.25, 0.3) is 21.8 Å². The van der Waals surface area contributed by atoms with E-state index in [-0.39, 0.29) is 40.2 Å². The molecule has 1 fully saturated rings. The van der Waals surface area contributed by atoms with Crippen molar-refractivity contribution in [2.24, 2.45) is 5.92 Å². The number of nitrogens with zero attached hydrogens (tertiary/aromatic N) is 1. The Bertz CT molecular complexity index is 1920. The molecule has 3 atom stereocenters. The number of anilines is 1. The van der Waals surface area contributed by atoms with E-state index in [4.69, 9.17) is 0 Å². The van der Waals surface area contributed by atoms with Gasteiger partial charge in [-0.3, -0.25) is 18.7 Å². The van der Waals surface area contributed by atoms with Crippen LogP contribution in [-0.4, -0.2) is 58.4 Å². The number of carbonyl (C=O) groups is 3. The van der Waals surface area contributed by atoms with Gasteiger partial charge in [0.2, 0.25) is 5.91 Å². The Hall–Kier alpha value is -5.07. The molecule has 4 N–H and O–H groups in total. The Morgan fingerprint density at radius 3 is 2.02 bits per heavy atom. The van der Waals surface area contributed by atoms with Crippen LogP contribution in [0.15, 0.2) is 108 Å². The lowest BCUT2D eigenvalue weighted by Crippen LogP contribution is -2.49. The monoisotopic (exact) mass is 713 g/mol. The molecule has 0 aromatic heterocycles. The van der Waals surface area contributed by atoms with E-state index in [1.165, 1.54) is 25.2 Å². The molecule has 0 aliphatic heterocycles. The Balaban J connectivity index is 1.42. The van der Waals surface area contributed by atoms with Crippen LogP contribution >= 0.6 is 0 Å². The Labute approximate surface area is 298 Å². The summed E-state index contributed by atoms with van der Waals surface area (Å²) in [5.74, 6) is -1.22. The van der Waals surface area contributed by atoms with Crippen LogP contribution in [0.3, 0.4) is 0 Å². The molecule has 0 unspecified atom stereocenters. The Kier molecular flexibility index (Phi) is 12.2. The standard InChI is InChI=1S/C39H44FN5O5S/c1-26(30-12-8-5-9-13-30)43-38(47)31-21-32(23-35(22-31)45(3)51(49,50)36-18-16-33(40)17-19-36)39(48)44-34(20-28-10-6-4-7-11-28)25-41-27(2)37(46)42-24-29-14-15-29/h4-13,16-19,21-23,26-27,29,34,41H,14-15,20,24-25H2,1-3H3,(H,42,46)(H,43,47)(H,44,48)/t26-,27+,34+/m1/s1. The molecule has 1 aliphatic carbocycles. The number of sulfonamides is 1. The number of rotatable bonds is 16. The Morgan fingerprint density at radius 2 is 1.41 bits per heavy atom. The third-order valence-corrected chi connectivity index (χ3v) is 10.7. The van der Waals surface area contributed by atoms with Gasteiger partial charge in [-0.25, -0.2) is 12.8 Å². The molecular formula is C39H44FN5O5S. The number of halogens is 1. The fourth-order valence-electron chi connectivity index (χ4n) is 5.54. The highest BCUT2D eigenvalue weighted by Gasteiger charge is 2.26. The third-order valence-electron chi connectivity index (χ3n) is 8.91. The highest BCUT2D eigenvalue weighted by molar-refractivity contribution is 7.92. The largest absolute Gasteiger partial charge is 0.354 e. The van der Waals surface area contributed by atoms with Crippen molar-refractivity contribution >= 4 is 33.4 Å². The third kappa shape index (κ3) is 10.2. The summed E-state index contributed by atoms with van der Waals surface area (Å²) in [5, 5.41) is 12.2. The zero-order chi connectivity index (χ0) is 36.5. The fourth-order valence-corrected chi connectivity index (χ4v) is 6.72. The maximum atomic E-state index is 14.0. The van der Waals surface area contributed by atoms with Gasteiger partial charge in [0.1, 0.15) is 5.82 Å². The first-order valence-electron chi connectivity index (χ1n) is 17.0. The molecule has 0 radical (unpaired) electrons. The van der Waals surface area contributed by atoms with Crippen molar-refractivity contribution in [3.63, 3.8) is 0 Å². The lowest BCUT2D eigenvalue weighted by atomic mass is 10.0. The molecule has 1 aliphatic rings. The second-order valence-electron chi connectivity index (χ2n) is 13.0. The fraction of sp³-hybridized carbons (Fsp3) is 0.308. The van der Waals surface area contributed by atoms with Crippen molar-refractivity contribution < 1.29 is 27.2 Å². The first-order chi connectivity index (χ1) is 24.4. The average molecular weight is 714 g/mol. The van der Waals surface area contributed by atoms with Crippen LogP contribution in [0.5, 0.6) is 0 Å². The van der Waals surface area contributed by atoms with Crippen LogP contribution in [0.4, 0.5) is 10.1 Å². The molecule has 0 bridgehead atoms. The molecule has 0 saturated heterocycles. The van der Waals surface area contributed by atoms with Crippen LogP contribution in [0.1, 0.15) is 64.6 Å². The van der Waals surface area contributed by atoms with Gasteiger partial charge in [-0.05, 0) is 92.6 Å². The van der Waals surface area contributed by atoms with Gasteiger partial charge in [0.15, 0.2) is 0 Å². The summed E-state index contributed by atoms with van der Waals surface area (Å²) in [6.45, 7) is 4.51. The molecule has 0 spiro atoms. The summed E-state index contributed by atoms with van der Waals surface area (Å²) in [4.78, 5) is 40.2. The van der Waals surface area contributed by atoms with Gasteiger partial charge in [0, 0.05) is 37.3 Å². The minimum Gasteiger partial charge on any atom is -0.354 e. The summed E-state index contributed by atoms with van der Waals surface area (Å²) in [6, 6.07) is 26.2. The van der Waals surface area contributed by atoms with E-state index >= 15 is 0 Å². The van der Waals surface area contributed by atoms with Crippen LogP contribution in [0.2, 0.25) is 0 Å². The zero-order valence-electron chi connectivity index (χ0n) is 28.9. The highest BCUT2D eigenvalue weighted by Crippen LogP contribution is 2.28. The molecule has 4 aromatic carbocycles. The van der Waals surface area contributed by atoms with Crippen molar-refractivity contribution in [2.75, 3.05) is 24.4 Å². The minimum absolute atomic E-state index is 0.0551. The van der Waals surface area contributed by atoms with Crippen molar-refractivity contribution in [3.05, 3.63) is 131 Å². The van der Waals surface area contributed by atoms with E-state index in [2.05, 4.69) is 21.3 Å². The molecule has 5 rings (SSSR count). The minimum atomic E-state index is -4.20. The average Bonchev–Trinajstić information content (AvgIpc) is 3.98. The molecule has 0 heterocycles. The summed E-state index contributed by atoms with van der Waals surface area (Å²) in [5.41, 5.74) is 2.01. The van der Waals surface area contributed by atoms with Gasteiger partial charge in [-0.15, -0.1) is 0 Å². The number of nitrogens with one attached hydrogen (secondary N) is 4. The van der Waals surface area contributed by atoms with Gasteiger partial charge in [-0.2, -0.15) is 0 Å². The topological polar surface area (TPSA) is 137 Å². The van der Waals surface area contributed by atoms with Gasteiger partial charge in [-0.1, -0.05) is 60.7 Å². The molecule has 10 nitrogen and oxygen atoms in total. The normalized spacial score (nSPS) is 14.5. The smallest absolute Gasteiger partial charge is 0.264 e. The molecule has 268 valence electrons. The molecule has 12 heteroatoms. The summed E-state index contributed by atoms with van der Waals surface area (Å²) < 4.78 is 41.8. The summed E-state index contributed by atoms with van der Waals surface area (Å²) in [6.07, 6.45) is 2.69. The molecule has 51 heavy (non-hydrogen) atoms. The van der Waals surface area contributed by atoms with E-state index in [9.17, 15) is 27.2 Å². The van der Waals surface area contributed by atoms with Gasteiger partial charge < -0.3 is 21.3 Å². The predicted molar refractivity (Wildman–Crippen MR) is 195 cm³/mol. The van der Waals surface area contributed by atoms with Crippen molar-refractivity contribution in [1.82, 2.24) is 21.3 Å². The molecular weight excluding hydrogens is 670 g/mol. The van der Waals surface area contributed by atoms with Crippen molar-refractivity contribution in [2.45, 2.75) is 56.1 Å². The highest BCUT2D eigenvalue weighted by atomic mass is 32.2. The molecule has 3 amide bonds. The molecule has 4 aromatic rings. The van der Waals surface area contributed by atoms with E-state index in [0.717, 1.165) is 52.5 Å². The quantitative estimate of drug-likeness (QED) is 0.129. The van der Waals surface area contributed by atoms with E-state index in [0.29, 0.717) is 18.9 Å². The Morgan fingerprint density at radius 1 is 0.824 bits per heavy atom. The van der Waals surface area contributed by atoms with Gasteiger partial charge >= 0.3 is 0 Å². The van der Waals surface area contributed by atoms with Crippen LogP contribution < -0.4 is 25.6 Å². The molecule has 1 saturated carbocycles. The second kappa shape index (κ2) is 16.8. The lowest BCUT2D eigenvalue weighted by Gasteiger charge is -2.24. The lowest BCUT2D eigenvalue weighted by molar-refractivity contribution is -0.122. The SMILES string of the molecule is C[C@H](NC[C@H](Cc1ccccc1)NC(=O)c1cc(C(=O)N[C@H](C)c2ccccc2)cc(N(C)S(=O)(=O)c2ccc(F)cc2)c1)C(=O)NCC1CC1. The maximum absolute atomic E-state index is 14.0. The summed E-state index contributed by atoms with van der Waals surface area (Å²) in [7, 11) is -2.89. The van der Waals surface area contributed by atoms with Crippen molar-refractivity contribution in [1.29, 1.82) is 0 Å². The van der Waals surface area contributed by atoms with E-state index in [1.807, 2.05) is 67.6 Å². The number of hydrogen-bond acceptors (Lipinski definition) is 6. The number of amides is 3. The predicted octanol–water partition coefficient (Wildman–Crippen LogP) is 4.99. The van der Waals surface area contributed by atoms with Crippen molar-refractivity contribution in [3.8, 4) is 0 Å². The van der Waals surface area contributed by atoms with Crippen LogP contribution in [0, 0.1) is 11.7 Å².